The van der Waals surface area contributed by atoms with Gasteiger partial charge in [0.25, 0.3) is 5.91 Å². The van der Waals surface area contributed by atoms with Gasteiger partial charge >= 0.3 is 0 Å². The summed E-state index contributed by atoms with van der Waals surface area (Å²) in [6.07, 6.45) is 3.99. The Morgan fingerprint density at radius 1 is 1.29 bits per heavy atom. The van der Waals surface area contributed by atoms with Crippen molar-refractivity contribution in [2.45, 2.75) is 39.3 Å². The summed E-state index contributed by atoms with van der Waals surface area (Å²) in [4.78, 5) is 20.2. The van der Waals surface area contributed by atoms with Gasteiger partial charge in [0.2, 0.25) is 0 Å². The van der Waals surface area contributed by atoms with Gasteiger partial charge in [-0.15, -0.1) is 5.10 Å². The summed E-state index contributed by atoms with van der Waals surface area (Å²) in [7, 11) is 0. The Bertz CT molecular complexity index is 908. The molecule has 1 amide bonds. The van der Waals surface area contributed by atoms with Gasteiger partial charge in [0, 0.05) is 37.4 Å². The summed E-state index contributed by atoms with van der Waals surface area (Å²) in [5, 5.41) is 9.67. The van der Waals surface area contributed by atoms with E-state index in [1.54, 1.807) is 4.90 Å². The number of aromatic amines is 1. The standard InChI is InChI=1S/C21H28N6O/c1-3-26(4-2)21(28)20-15-27(24-23-20)18-9-7-11-25(14-18)13-17-12-16-8-5-6-10-19(16)22-17/h5-6,8,10,12,15,18,22H,3-4,7,9,11,13-14H2,1-2H3/t18-/m0/s1. The number of nitrogens with one attached hydrogen (secondary N) is 1. The monoisotopic (exact) mass is 380 g/mol. The van der Waals surface area contributed by atoms with Crippen LogP contribution in [0.4, 0.5) is 0 Å². The molecule has 0 saturated carbocycles. The number of para-hydroxylation sites is 1. The second-order valence-corrected chi connectivity index (χ2v) is 7.47. The lowest BCUT2D eigenvalue weighted by molar-refractivity contribution is 0.0767. The van der Waals surface area contributed by atoms with E-state index in [0.29, 0.717) is 18.8 Å². The number of aromatic nitrogens is 4. The Balaban J connectivity index is 1.43. The van der Waals surface area contributed by atoms with Crippen LogP contribution >= 0.6 is 0 Å². The van der Waals surface area contributed by atoms with Crippen LogP contribution in [0.25, 0.3) is 10.9 Å². The number of amides is 1. The number of hydrogen-bond acceptors (Lipinski definition) is 4. The Hall–Kier alpha value is -2.67. The third-order valence-electron chi connectivity index (χ3n) is 5.61. The SMILES string of the molecule is CCN(CC)C(=O)c1cn([C@H]2CCCN(Cc3cc4ccccc4[nH]3)C2)nn1. The van der Waals surface area contributed by atoms with Gasteiger partial charge in [-0.1, -0.05) is 23.4 Å². The van der Waals surface area contributed by atoms with Gasteiger partial charge < -0.3 is 9.88 Å². The molecule has 7 nitrogen and oxygen atoms in total. The number of nitrogens with zero attached hydrogens (tertiary/aromatic N) is 5. The number of fused-ring (bicyclic) bond motifs is 1. The van der Waals surface area contributed by atoms with E-state index < -0.39 is 0 Å². The molecule has 0 unspecified atom stereocenters. The Morgan fingerprint density at radius 3 is 2.89 bits per heavy atom. The maximum atomic E-state index is 12.5. The molecule has 0 radical (unpaired) electrons. The first-order valence-corrected chi connectivity index (χ1v) is 10.2. The molecule has 0 aliphatic carbocycles. The first-order chi connectivity index (χ1) is 13.7. The predicted molar refractivity (Wildman–Crippen MR) is 109 cm³/mol. The van der Waals surface area contributed by atoms with Gasteiger partial charge in [-0.25, -0.2) is 4.68 Å². The van der Waals surface area contributed by atoms with Crippen molar-refractivity contribution >= 4 is 16.8 Å². The molecule has 0 spiro atoms. The second-order valence-electron chi connectivity index (χ2n) is 7.47. The molecule has 1 aliphatic heterocycles. The van der Waals surface area contributed by atoms with Crippen LogP contribution in [0.15, 0.2) is 36.5 Å². The summed E-state index contributed by atoms with van der Waals surface area (Å²) in [5.74, 6) is -0.0398. The number of carbonyl (C=O) groups excluding carboxylic acids is 1. The minimum atomic E-state index is -0.0398. The van der Waals surface area contributed by atoms with Crippen molar-refractivity contribution in [2.24, 2.45) is 0 Å². The molecule has 1 aliphatic rings. The van der Waals surface area contributed by atoms with Crippen molar-refractivity contribution in [1.82, 2.24) is 29.8 Å². The van der Waals surface area contributed by atoms with Crippen LogP contribution in [0, 0.1) is 0 Å². The average molecular weight is 380 g/mol. The van der Waals surface area contributed by atoms with Gasteiger partial charge in [-0.05, 0) is 50.8 Å². The Morgan fingerprint density at radius 2 is 2.11 bits per heavy atom. The number of piperidine rings is 1. The first kappa shape index (κ1) is 18.7. The number of benzene rings is 1. The van der Waals surface area contributed by atoms with Crippen LogP contribution in [0.1, 0.15) is 48.9 Å². The van der Waals surface area contributed by atoms with Crippen molar-refractivity contribution in [3.8, 4) is 0 Å². The zero-order chi connectivity index (χ0) is 19.5. The third kappa shape index (κ3) is 3.80. The summed E-state index contributed by atoms with van der Waals surface area (Å²) in [5.41, 5.74) is 2.86. The maximum absolute atomic E-state index is 12.5. The normalized spacial score (nSPS) is 17.9. The average Bonchev–Trinajstić information content (AvgIpc) is 3.36. The molecule has 1 fully saturated rings. The molecule has 1 aromatic carbocycles. The highest BCUT2D eigenvalue weighted by molar-refractivity contribution is 5.91. The lowest BCUT2D eigenvalue weighted by Gasteiger charge is -2.32. The van der Waals surface area contributed by atoms with Crippen molar-refractivity contribution < 1.29 is 4.79 Å². The summed E-state index contributed by atoms with van der Waals surface area (Å²) in [6.45, 7) is 8.21. The highest BCUT2D eigenvalue weighted by atomic mass is 16.2. The van der Waals surface area contributed by atoms with E-state index in [1.165, 1.54) is 16.6 Å². The van der Waals surface area contributed by atoms with Gasteiger partial charge in [-0.3, -0.25) is 9.69 Å². The number of rotatable bonds is 6. The van der Waals surface area contributed by atoms with Crippen molar-refractivity contribution in [3.05, 3.63) is 47.9 Å². The minimum absolute atomic E-state index is 0.0398. The van der Waals surface area contributed by atoms with E-state index >= 15 is 0 Å². The summed E-state index contributed by atoms with van der Waals surface area (Å²) < 4.78 is 1.88. The molecular weight excluding hydrogens is 352 g/mol. The summed E-state index contributed by atoms with van der Waals surface area (Å²) >= 11 is 0. The lowest BCUT2D eigenvalue weighted by Crippen LogP contribution is -2.36. The molecule has 1 N–H and O–H groups in total. The van der Waals surface area contributed by atoms with Gasteiger partial charge in [0.1, 0.15) is 0 Å². The van der Waals surface area contributed by atoms with Gasteiger partial charge in [0.15, 0.2) is 5.69 Å². The van der Waals surface area contributed by atoms with E-state index in [-0.39, 0.29) is 11.9 Å². The maximum Gasteiger partial charge on any atom is 0.276 e. The van der Waals surface area contributed by atoms with Crippen LogP contribution in [-0.2, 0) is 6.54 Å². The molecule has 7 heteroatoms. The number of H-pyrrole nitrogens is 1. The van der Waals surface area contributed by atoms with Gasteiger partial charge in [0.05, 0.1) is 12.2 Å². The van der Waals surface area contributed by atoms with E-state index in [9.17, 15) is 4.79 Å². The fraction of sp³-hybridized carbons (Fsp3) is 0.476. The molecule has 2 aromatic heterocycles. The number of carbonyl (C=O) groups is 1. The number of hydrogen-bond donors (Lipinski definition) is 1. The molecule has 148 valence electrons. The fourth-order valence-electron chi connectivity index (χ4n) is 4.08. The van der Waals surface area contributed by atoms with Crippen LogP contribution < -0.4 is 0 Å². The van der Waals surface area contributed by atoms with Crippen LogP contribution in [-0.4, -0.2) is 61.9 Å². The topological polar surface area (TPSA) is 70.1 Å². The Labute approximate surface area is 165 Å². The van der Waals surface area contributed by atoms with E-state index in [4.69, 9.17) is 0 Å². The van der Waals surface area contributed by atoms with Crippen LogP contribution in [0.2, 0.25) is 0 Å². The zero-order valence-electron chi connectivity index (χ0n) is 16.6. The molecule has 1 saturated heterocycles. The highest BCUT2D eigenvalue weighted by Crippen LogP contribution is 2.23. The zero-order valence-corrected chi connectivity index (χ0v) is 16.6. The molecule has 28 heavy (non-hydrogen) atoms. The van der Waals surface area contributed by atoms with Crippen molar-refractivity contribution in [2.75, 3.05) is 26.2 Å². The second kappa shape index (κ2) is 8.14. The van der Waals surface area contributed by atoms with Crippen LogP contribution in [0.3, 0.4) is 0 Å². The van der Waals surface area contributed by atoms with E-state index in [1.807, 2.05) is 24.7 Å². The third-order valence-corrected chi connectivity index (χ3v) is 5.61. The molecule has 0 bridgehead atoms. The van der Waals surface area contributed by atoms with Gasteiger partial charge in [-0.2, -0.15) is 0 Å². The smallest absolute Gasteiger partial charge is 0.276 e. The molecule has 3 heterocycles. The fourth-order valence-corrected chi connectivity index (χ4v) is 4.08. The van der Waals surface area contributed by atoms with E-state index in [0.717, 1.165) is 32.5 Å². The molecular formula is C21H28N6O. The van der Waals surface area contributed by atoms with E-state index in [2.05, 4.69) is 50.5 Å². The number of likely N-dealkylation sites (tertiary alicyclic amines) is 1. The molecule has 4 rings (SSSR count). The van der Waals surface area contributed by atoms with Crippen LogP contribution in [0.5, 0.6) is 0 Å². The lowest BCUT2D eigenvalue weighted by atomic mass is 10.1. The largest absolute Gasteiger partial charge is 0.357 e. The molecule has 1 atom stereocenters. The summed E-state index contributed by atoms with van der Waals surface area (Å²) in [6, 6.07) is 10.9. The quantitative estimate of drug-likeness (QED) is 0.713. The minimum Gasteiger partial charge on any atom is -0.357 e. The van der Waals surface area contributed by atoms with Crippen molar-refractivity contribution in [3.63, 3.8) is 0 Å². The predicted octanol–water partition coefficient (Wildman–Crippen LogP) is 3.08. The van der Waals surface area contributed by atoms with Crippen molar-refractivity contribution in [1.29, 1.82) is 0 Å². The first-order valence-electron chi connectivity index (χ1n) is 10.2. The highest BCUT2D eigenvalue weighted by Gasteiger charge is 2.24. The molecule has 3 aromatic rings. The Kier molecular flexibility index (Phi) is 5.43.